The van der Waals surface area contributed by atoms with Crippen LogP contribution in [0.1, 0.15) is 24.3 Å². The van der Waals surface area contributed by atoms with E-state index in [-0.39, 0.29) is 10.9 Å². The van der Waals surface area contributed by atoms with Crippen molar-refractivity contribution >= 4 is 10.0 Å². The van der Waals surface area contributed by atoms with E-state index in [1.807, 2.05) is 0 Å². The molecule has 7 heteroatoms. The van der Waals surface area contributed by atoms with Crippen molar-refractivity contribution in [3.05, 3.63) is 11.5 Å². The Morgan fingerprint density at radius 1 is 1.35 bits per heavy atom. The van der Waals surface area contributed by atoms with Crippen LogP contribution in [-0.2, 0) is 10.0 Å². The Labute approximate surface area is 101 Å². The molecule has 0 radical (unpaired) electrons. The second-order valence-corrected chi connectivity index (χ2v) is 6.27. The van der Waals surface area contributed by atoms with E-state index in [0.717, 1.165) is 0 Å². The molecule has 2 heterocycles. The predicted octanol–water partition coefficient (Wildman–Crippen LogP) is 0.403. The molecule has 2 rings (SSSR count). The van der Waals surface area contributed by atoms with Crippen molar-refractivity contribution in [3.8, 4) is 0 Å². The maximum Gasteiger partial charge on any atom is 0.248 e. The number of nitrogens with two attached hydrogens (primary N) is 1. The molecule has 2 N–H and O–H groups in total. The number of rotatable bonds is 2. The third-order valence-electron chi connectivity index (χ3n) is 3.06. The summed E-state index contributed by atoms with van der Waals surface area (Å²) in [6.45, 7) is 4.18. The minimum absolute atomic E-state index is 0.103. The fourth-order valence-electron chi connectivity index (χ4n) is 2.09. The lowest BCUT2D eigenvalue weighted by Crippen LogP contribution is -2.43. The highest BCUT2D eigenvalue weighted by Crippen LogP contribution is 2.25. The summed E-state index contributed by atoms with van der Waals surface area (Å²) < 4.78 is 31.1. The molecule has 1 aliphatic rings. The zero-order valence-electron chi connectivity index (χ0n) is 10.0. The fraction of sp³-hybridized carbons (Fsp3) is 0.700. The van der Waals surface area contributed by atoms with Crippen LogP contribution in [0.2, 0.25) is 0 Å². The molecule has 1 aromatic rings. The standard InChI is InChI=1S/C10H17N3O3S/c1-7-10(8(2)16-12-7)17(14,15)13-5-3-9(11)4-6-13/h9H,3-6,11H2,1-2H3. The first-order valence-electron chi connectivity index (χ1n) is 5.61. The second-order valence-electron chi connectivity index (χ2n) is 4.39. The van der Waals surface area contributed by atoms with Crippen LogP contribution in [-0.4, -0.2) is 37.0 Å². The van der Waals surface area contributed by atoms with Gasteiger partial charge in [-0.25, -0.2) is 8.42 Å². The van der Waals surface area contributed by atoms with Crippen molar-refractivity contribution in [1.29, 1.82) is 0 Å². The van der Waals surface area contributed by atoms with Crippen LogP contribution in [0.5, 0.6) is 0 Å². The lowest BCUT2D eigenvalue weighted by molar-refractivity contribution is 0.319. The minimum Gasteiger partial charge on any atom is -0.360 e. The van der Waals surface area contributed by atoms with Crippen molar-refractivity contribution in [1.82, 2.24) is 9.46 Å². The monoisotopic (exact) mass is 259 g/mol. The van der Waals surface area contributed by atoms with Gasteiger partial charge in [-0.15, -0.1) is 0 Å². The fourth-order valence-corrected chi connectivity index (χ4v) is 3.85. The lowest BCUT2D eigenvalue weighted by atomic mass is 10.1. The molecule has 17 heavy (non-hydrogen) atoms. The quantitative estimate of drug-likeness (QED) is 0.830. The van der Waals surface area contributed by atoms with Crippen LogP contribution in [0.15, 0.2) is 9.42 Å². The summed E-state index contributed by atoms with van der Waals surface area (Å²) in [4.78, 5) is 0.202. The van der Waals surface area contributed by atoms with Gasteiger partial charge in [-0.2, -0.15) is 4.31 Å². The Kier molecular flexibility index (Phi) is 3.24. The smallest absolute Gasteiger partial charge is 0.248 e. The predicted molar refractivity (Wildman–Crippen MR) is 61.9 cm³/mol. The number of nitrogens with zero attached hydrogens (tertiary/aromatic N) is 2. The summed E-state index contributed by atoms with van der Waals surface area (Å²) in [5.74, 6) is 0.345. The molecule has 1 aliphatic heterocycles. The molecule has 6 nitrogen and oxygen atoms in total. The summed E-state index contributed by atoms with van der Waals surface area (Å²) in [5.41, 5.74) is 6.18. The number of hydrogen-bond donors (Lipinski definition) is 1. The lowest BCUT2D eigenvalue weighted by Gasteiger charge is -2.29. The van der Waals surface area contributed by atoms with Crippen LogP contribution in [0.25, 0.3) is 0 Å². The van der Waals surface area contributed by atoms with Gasteiger partial charge in [0.2, 0.25) is 10.0 Å². The van der Waals surface area contributed by atoms with Crippen LogP contribution in [0.4, 0.5) is 0 Å². The Hall–Kier alpha value is -0.920. The molecule has 1 fully saturated rings. The molecular formula is C10H17N3O3S. The van der Waals surface area contributed by atoms with Gasteiger partial charge in [0, 0.05) is 19.1 Å². The van der Waals surface area contributed by atoms with Crippen LogP contribution >= 0.6 is 0 Å². The SMILES string of the molecule is Cc1noc(C)c1S(=O)(=O)N1CCC(N)CC1. The van der Waals surface area contributed by atoms with Crippen LogP contribution in [0.3, 0.4) is 0 Å². The second kappa shape index (κ2) is 4.40. The molecular weight excluding hydrogens is 242 g/mol. The number of aromatic nitrogens is 1. The minimum atomic E-state index is -3.48. The van der Waals surface area contributed by atoms with Crippen LogP contribution < -0.4 is 5.73 Å². The number of sulfonamides is 1. The van der Waals surface area contributed by atoms with Gasteiger partial charge < -0.3 is 10.3 Å². The Balaban J connectivity index is 2.31. The Bertz CT molecular complexity index is 481. The number of piperidine rings is 1. The number of hydrogen-bond acceptors (Lipinski definition) is 5. The number of aryl methyl sites for hydroxylation is 2. The van der Waals surface area contributed by atoms with Crippen molar-refractivity contribution in [2.24, 2.45) is 5.73 Å². The summed E-state index contributed by atoms with van der Waals surface area (Å²) in [7, 11) is -3.48. The molecule has 0 bridgehead atoms. The summed E-state index contributed by atoms with van der Waals surface area (Å²) >= 11 is 0. The van der Waals surface area contributed by atoms with E-state index in [2.05, 4.69) is 5.16 Å². The third kappa shape index (κ3) is 2.22. The molecule has 1 aromatic heterocycles. The topological polar surface area (TPSA) is 89.4 Å². The molecule has 0 atom stereocenters. The average molecular weight is 259 g/mol. The third-order valence-corrected chi connectivity index (χ3v) is 5.21. The van der Waals surface area contributed by atoms with E-state index in [0.29, 0.717) is 37.4 Å². The summed E-state index contributed by atoms with van der Waals surface area (Å²) in [6.07, 6.45) is 1.39. The van der Waals surface area contributed by atoms with E-state index >= 15 is 0 Å². The van der Waals surface area contributed by atoms with Gasteiger partial charge in [-0.3, -0.25) is 0 Å². The average Bonchev–Trinajstić information content (AvgIpc) is 2.59. The van der Waals surface area contributed by atoms with Crippen molar-refractivity contribution in [2.45, 2.75) is 37.6 Å². The van der Waals surface area contributed by atoms with E-state index in [4.69, 9.17) is 10.3 Å². The molecule has 0 amide bonds. The van der Waals surface area contributed by atoms with Gasteiger partial charge >= 0.3 is 0 Å². The highest BCUT2D eigenvalue weighted by molar-refractivity contribution is 7.89. The van der Waals surface area contributed by atoms with Gasteiger partial charge in [0.25, 0.3) is 0 Å². The first-order chi connectivity index (χ1) is 7.93. The van der Waals surface area contributed by atoms with E-state index < -0.39 is 10.0 Å². The Morgan fingerprint density at radius 2 is 1.94 bits per heavy atom. The molecule has 96 valence electrons. The first-order valence-corrected chi connectivity index (χ1v) is 7.05. The van der Waals surface area contributed by atoms with Gasteiger partial charge in [0.1, 0.15) is 10.6 Å². The first kappa shape index (κ1) is 12.5. The van der Waals surface area contributed by atoms with Crippen molar-refractivity contribution in [2.75, 3.05) is 13.1 Å². The molecule has 0 unspecified atom stereocenters. The van der Waals surface area contributed by atoms with E-state index in [1.54, 1.807) is 13.8 Å². The van der Waals surface area contributed by atoms with Crippen molar-refractivity contribution < 1.29 is 12.9 Å². The van der Waals surface area contributed by atoms with Crippen molar-refractivity contribution in [3.63, 3.8) is 0 Å². The van der Waals surface area contributed by atoms with Gasteiger partial charge in [-0.1, -0.05) is 5.16 Å². The molecule has 0 saturated carbocycles. The highest BCUT2D eigenvalue weighted by atomic mass is 32.2. The summed E-state index contributed by atoms with van der Waals surface area (Å²) in [6, 6.07) is 0.103. The largest absolute Gasteiger partial charge is 0.360 e. The van der Waals surface area contributed by atoms with Gasteiger partial charge in [-0.05, 0) is 26.7 Å². The van der Waals surface area contributed by atoms with E-state index in [1.165, 1.54) is 4.31 Å². The summed E-state index contributed by atoms with van der Waals surface area (Å²) in [5, 5.41) is 3.69. The van der Waals surface area contributed by atoms with E-state index in [9.17, 15) is 8.42 Å². The molecule has 0 aromatic carbocycles. The Morgan fingerprint density at radius 3 is 2.41 bits per heavy atom. The molecule has 0 spiro atoms. The highest BCUT2D eigenvalue weighted by Gasteiger charge is 2.32. The maximum atomic E-state index is 12.4. The molecule has 0 aliphatic carbocycles. The normalized spacial score (nSPS) is 19.7. The van der Waals surface area contributed by atoms with Gasteiger partial charge in [0.05, 0.1) is 0 Å². The zero-order valence-corrected chi connectivity index (χ0v) is 10.8. The molecule has 1 saturated heterocycles. The zero-order chi connectivity index (χ0) is 12.6. The van der Waals surface area contributed by atoms with Crippen LogP contribution in [0, 0.1) is 13.8 Å². The maximum absolute atomic E-state index is 12.4. The van der Waals surface area contributed by atoms with Gasteiger partial charge in [0.15, 0.2) is 5.76 Å².